The normalized spacial score (nSPS) is 16.2. The fraction of sp³-hybridized carbons (Fsp3) is 0.692. The third-order valence-corrected chi connectivity index (χ3v) is 4.22. The smallest absolute Gasteiger partial charge is 0.0610 e. The predicted octanol–water partition coefficient (Wildman–Crippen LogP) is 2.23. The van der Waals surface area contributed by atoms with Crippen LogP contribution < -0.4 is 5.73 Å². The monoisotopic (exact) mass is 256 g/mol. The van der Waals surface area contributed by atoms with Crippen molar-refractivity contribution in [2.45, 2.75) is 44.8 Å². The van der Waals surface area contributed by atoms with E-state index in [4.69, 9.17) is 5.73 Å². The van der Waals surface area contributed by atoms with E-state index in [1.165, 1.54) is 5.56 Å². The van der Waals surface area contributed by atoms with E-state index in [0.717, 1.165) is 6.42 Å². The summed E-state index contributed by atoms with van der Waals surface area (Å²) in [6.07, 6.45) is 0.923. The molecule has 1 rings (SSSR count). The molecule has 0 fully saturated rings. The Kier molecular flexibility index (Phi) is 5.13. The Labute approximate surface area is 108 Å². The fourth-order valence-corrected chi connectivity index (χ4v) is 2.60. The van der Waals surface area contributed by atoms with Gasteiger partial charge in [-0.25, -0.2) is 0 Å². The van der Waals surface area contributed by atoms with Gasteiger partial charge in [0.1, 0.15) is 0 Å². The van der Waals surface area contributed by atoms with Gasteiger partial charge in [0.05, 0.1) is 12.6 Å². The highest BCUT2D eigenvalue weighted by atomic mass is 32.1. The van der Waals surface area contributed by atoms with Crippen molar-refractivity contribution in [1.29, 1.82) is 0 Å². The topological polar surface area (TPSA) is 49.5 Å². The summed E-state index contributed by atoms with van der Waals surface area (Å²) < 4.78 is 0. The first-order chi connectivity index (χ1) is 7.94. The van der Waals surface area contributed by atoms with Crippen molar-refractivity contribution in [3.63, 3.8) is 0 Å². The average Bonchev–Trinajstić information content (AvgIpc) is 2.82. The lowest BCUT2D eigenvalue weighted by atomic mass is 9.93. The second-order valence-corrected chi connectivity index (χ2v) is 5.94. The first-order valence-corrected chi connectivity index (χ1v) is 6.99. The Morgan fingerprint density at radius 3 is 2.59 bits per heavy atom. The lowest BCUT2D eigenvalue weighted by molar-refractivity contribution is 0.0346. The van der Waals surface area contributed by atoms with E-state index in [1.807, 2.05) is 20.9 Å². The summed E-state index contributed by atoms with van der Waals surface area (Å²) in [5.74, 6) is 0. The van der Waals surface area contributed by atoms with Crippen LogP contribution in [0, 0.1) is 0 Å². The quantitative estimate of drug-likeness (QED) is 0.820. The standard InChI is InChI=1S/C13H24N2OS/c1-5-11(14)12(10-6-7-17-8-10)15(4)13(2,3)9-16/h6-8,11-12,16H,5,9,14H2,1-4H3. The minimum Gasteiger partial charge on any atom is -0.394 e. The molecule has 2 atom stereocenters. The zero-order valence-electron chi connectivity index (χ0n) is 11.2. The van der Waals surface area contributed by atoms with Crippen molar-refractivity contribution in [2.75, 3.05) is 13.7 Å². The van der Waals surface area contributed by atoms with E-state index in [-0.39, 0.29) is 24.2 Å². The van der Waals surface area contributed by atoms with E-state index in [1.54, 1.807) is 11.3 Å². The summed E-state index contributed by atoms with van der Waals surface area (Å²) in [6.45, 7) is 6.30. The van der Waals surface area contributed by atoms with Crippen LogP contribution in [0.5, 0.6) is 0 Å². The third-order valence-electron chi connectivity index (χ3n) is 3.52. The van der Waals surface area contributed by atoms with E-state index in [2.05, 4.69) is 28.7 Å². The lowest BCUT2D eigenvalue weighted by Crippen LogP contribution is -2.51. The Morgan fingerprint density at radius 1 is 1.53 bits per heavy atom. The maximum absolute atomic E-state index is 9.49. The summed E-state index contributed by atoms with van der Waals surface area (Å²) in [7, 11) is 2.04. The molecule has 0 aliphatic rings. The highest BCUT2D eigenvalue weighted by Gasteiger charge is 2.32. The second-order valence-electron chi connectivity index (χ2n) is 5.16. The molecule has 0 amide bonds. The number of aliphatic hydroxyl groups excluding tert-OH is 1. The minimum atomic E-state index is -0.264. The molecule has 98 valence electrons. The fourth-order valence-electron chi connectivity index (χ4n) is 1.91. The SMILES string of the molecule is CCC(N)C(c1ccsc1)N(C)C(C)(C)CO. The Bertz CT molecular complexity index is 324. The molecule has 0 aliphatic carbocycles. The van der Waals surface area contributed by atoms with Gasteiger partial charge < -0.3 is 10.8 Å². The zero-order chi connectivity index (χ0) is 13.1. The minimum absolute atomic E-state index is 0.0837. The van der Waals surface area contributed by atoms with Crippen molar-refractivity contribution in [3.05, 3.63) is 22.4 Å². The van der Waals surface area contributed by atoms with Crippen molar-refractivity contribution in [1.82, 2.24) is 4.90 Å². The summed E-state index contributed by atoms with van der Waals surface area (Å²) in [4.78, 5) is 2.18. The molecular formula is C13H24N2OS. The maximum Gasteiger partial charge on any atom is 0.0610 e. The number of thiophene rings is 1. The molecule has 0 spiro atoms. The van der Waals surface area contributed by atoms with Gasteiger partial charge in [0, 0.05) is 11.6 Å². The highest BCUT2D eigenvalue weighted by Crippen LogP contribution is 2.30. The van der Waals surface area contributed by atoms with E-state index in [0.29, 0.717) is 0 Å². The molecule has 17 heavy (non-hydrogen) atoms. The molecule has 0 aromatic carbocycles. The van der Waals surface area contributed by atoms with Crippen LogP contribution in [0.2, 0.25) is 0 Å². The number of rotatable bonds is 6. The van der Waals surface area contributed by atoms with Gasteiger partial charge in [-0.2, -0.15) is 11.3 Å². The van der Waals surface area contributed by atoms with Crippen molar-refractivity contribution in [2.24, 2.45) is 5.73 Å². The number of hydrogen-bond acceptors (Lipinski definition) is 4. The number of aliphatic hydroxyl groups is 1. The van der Waals surface area contributed by atoms with Crippen LogP contribution in [0.1, 0.15) is 38.8 Å². The Balaban J connectivity index is 2.99. The molecule has 0 radical (unpaired) electrons. The van der Waals surface area contributed by atoms with Crippen molar-refractivity contribution < 1.29 is 5.11 Å². The predicted molar refractivity (Wildman–Crippen MR) is 74.3 cm³/mol. The van der Waals surface area contributed by atoms with Gasteiger partial charge in [-0.1, -0.05) is 6.92 Å². The molecule has 0 aliphatic heterocycles. The summed E-state index contributed by atoms with van der Waals surface area (Å²) in [5, 5.41) is 13.7. The van der Waals surface area contributed by atoms with Gasteiger partial charge in [-0.05, 0) is 49.7 Å². The highest BCUT2D eigenvalue weighted by molar-refractivity contribution is 7.07. The van der Waals surface area contributed by atoms with Gasteiger partial charge in [0.25, 0.3) is 0 Å². The van der Waals surface area contributed by atoms with Crippen LogP contribution in [0.25, 0.3) is 0 Å². The van der Waals surface area contributed by atoms with Gasteiger partial charge in [0.2, 0.25) is 0 Å². The zero-order valence-corrected chi connectivity index (χ0v) is 12.0. The molecular weight excluding hydrogens is 232 g/mol. The molecule has 4 heteroatoms. The van der Waals surface area contributed by atoms with E-state index >= 15 is 0 Å². The molecule has 0 bridgehead atoms. The molecule has 1 aromatic heterocycles. The molecule has 0 saturated heterocycles. The summed E-state index contributed by atoms with van der Waals surface area (Å²) in [6, 6.07) is 2.36. The van der Waals surface area contributed by atoms with Crippen LogP contribution in [0.4, 0.5) is 0 Å². The van der Waals surface area contributed by atoms with Crippen LogP contribution in [0.15, 0.2) is 16.8 Å². The first-order valence-electron chi connectivity index (χ1n) is 6.05. The summed E-state index contributed by atoms with van der Waals surface area (Å²) >= 11 is 1.69. The van der Waals surface area contributed by atoms with Crippen LogP contribution in [0.3, 0.4) is 0 Å². The van der Waals surface area contributed by atoms with E-state index < -0.39 is 0 Å². The van der Waals surface area contributed by atoms with Crippen molar-refractivity contribution >= 4 is 11.3 Å². The van der Waals surface area contributed by atoms with Gasteiger partial charge >= 0.3 is 0 Å². The van der Waals surface area contributed by atoms with Crippen LogP contribution in [-0.2, 0) is 0 Å². The Hall–Kier alpha value is -0.420. The average molecular weight is 256 g/mol. The largest absolute Gasteiger partial charge is 0.394 e. The van der Waals surface area contributed by atoms with Gasteiger partial charge in [0.15, 0.2) is 0 Å². The Morgan fingerprint density at radius 2 is 2.18 bits per heavy atom. The van der Waals surface area contributed by atoms with Crippen molar-refractivity contribution in [3.8, 4) is 0 Å². The number of likely N-dealkylation sites (N-methyl/N-ethyl adjacent to an activating group) is 1. The summed E-state index contributed by atoms with van der Waals surface area (Å²) in [5.41, 5.74) is 7.22. The lowest BCUT2D eigenvalue weighted by Gasteiger charge is -2.42. The van der Waals surface area contributed by atoms with Crippen LogP contribution in [-0.4, -0.2) is 35.2 Å². The van der Waals surface area contributed by atoms with Crippen LogP contribution >= 0.6 is 11.3 Å². The maximum atomic E-state index is 9.49. The van der Waals surface area contributed by atoms with Gasteiger partial charge in [-0.3, -0.25) is 4.90 Å². The number of nitrogens with two attached hydrogens (primary N) is 1. The number of nitrogens with zero attached hydrogens (tertiary/aromatic N) is 1. The molecule has 0 saturated carbocycles. The first kappa shape index (κ1) is 14.6. The molecule has 2 unspecified atom stereocenters. The van der Waals surface area contributed by atoms with Gasteiger partial charge in [-0.15, -0.1) is 0 Å². The molecule has 3 N–H and O–H groups in total. The number of hydrogen-bond donors (Lipinski definition) is 2. The third kappa shape index (κ3) is 3.28. The molecule has 3 nitrogen and oxygen atoms in total. The second kappa shape index (κ2) is 5.96. The molecule has 1 heterocycles. The molecule has 1 aromatic rings. The van der Waals surface area contributed by atoms with E-state index in [9.17, 15) is 5.11 Å².